The van der Waals surface area contributed by atoms with Gasteiger partial charge in [0.2, 0.25) is 5.91 Å². The van der Waals surface area contributed by atoms with E-state index in [1.54, 1.807) is 16.7 Å². The second-order valence-electron chi connectivity index (χ2n) is 5.42. The van der Waals surface area contributed by atoms with Crippen molar-refractivity contribution in [2.45, 2.75) is 37.9 Å². The van der Waals surface area contributed by atoms with Crippen molar-refractivity contribution < 1.29 is 9.18 Å². The topological polar surface area (TPSA) is 59.8 Å². The third-order valence-corrected chi connectivity index (χ3v) is 4.42. The Balaban J connectivity index is 1.97. The summed E-state index contributed by atoms with van der Waals surface area (Å²) < 4.78 is 14.8. The summed E-state index contributed by atoms with van der Waals surface area (Å²) in [6, 6.07) is 6.28. The van der Waals surface area contributed by atoms with Crippen molar-refractivity contribution in [3.8, 4) is 11.4 Å². The molecule has 7 heteroatoms. The predicted octanol–water partition coefficient (Wildman–Crippen LogP) is 3.02. The van der Waals surface area contributed by atoms with Gasteiger partial charge in [-0.1, -0.05) is 25.1 Å². The fourth-order valence-electron chi connectivity index (χ4n) is 2.24. The highest BCUT2D eigenvalue weighted by Crippen LogP contribution is 2.22. The Kier molecular flexibility index (Phi) is 6.15. The highest BCUT2D eigenvalue weighted by Gasteiger charge is 2.13. The van der Waals surface area contributed by atoms with E-state index < -0.39 is 0 Å². The summed E-state index contributed by atoms with van der Waals surface area (Å²) in [5.74, 6) is 0.640. The van der Waals surface area contributed by atoms with Gasteiger partial charge in [0.05, 0.1) is 5.75 Å². The molecular formula is C16H21FN4OS. The van der Waals surface area contributed by atoms with Gasteiger partial charge >= 0.3 is 0 Å². The van der Waals surface area contributed by atoms with Crippen LogP contribution in [0, 0.1) is 5.82 Å². The number of halogens is 1. The Morgan fingerprint density at radius 2 is 2.04 bits per heavy atom. The zero-order valence-electron chi connectivity index (χ0n) is 13.5. The second-order valence-corrected chi connectivity index (χ2v) is 6.36. The molecule has 0 aliphatic carbocycles. The summed E-state index contributed by atoms with van der Waals surface area (Å²) in [4.78, 5) is 11.9. The van der Waals surface area contributed by atoms with Gasteiger partial charge in [-0.05, 0) is 37.6 Å². The van der Waals surface area contributed by atoms with E-state index in [1.165, 1.54) is 23.9 Å². The number of benzene rings is 1. The van der Waals surface area contributed by atoms with Crippen LogP contribution in [-0.4, -0.2) is 32.5 Å². The molecule has 23 heavy (non-hydrogen) atoms. The molecule has 1 atom stereocenters. The maximum absolute atomic E-state index is 13.0. The standard InChI is InChI=1S/C16H21FN4OS/c1-4-5-11(2)18-14(22)10-23-16-20-19-15(21(16)3)12-6-8-13(17)9-7-12/h6-9,11H,4-5,10H2,1-3H3,(H,18,22)/t11-/m1/s1. The fraction of sp³-hybridized carbons (Fsp3) is 0.438. The van der Waals surface area contributed by atoms with Crippen LogP contribution in [0.3, 0.4) is 0 Å². The molecule has 124 valence electrons. The number of carbonyl (C=O) groups is 1. The zero-order chi connectivity index (χ0) is 16.8. The summed E-state index contributed by atoms with van der Waals surface area (Å²) in [7, 11) is 1.83. The van der Waals surface area contributed by atoms with Crippen LogP contribution >= 0.6 is 11.8 Å². The maximum Gasteiger partial charge on any atom is 0.230 e. The van der Waals surface area contributed by atoms with Crippen molar-refractivity contribution in [2.24, 2.45) is 7.05 Å². The van der Waals surface area contributed by atoms with Crippen molar-refractivity contribution in [1.82, 2.24) is 20.1 Å². The largest absolute Gasteiger partial charge is 0.353 e. The molecule has 2 rings (SSSR count). The number of nitrogens with one attached hydrogen (secondary N) is 1. The van der Waals surface area contributed by atoms with E-state index in [1.807, 2.05) is 14.0 Å². The van der Waals surface area contributed by atoms with Gasteiger partial charge < -0.3 is 9.88 Å². The predicted molar refractivity (Wildman–Crippen MR) is 89.6 cm³/mol. The molecule has 0 bridgehead atoms. The SMILES string of the molecule is CCC[C@@H](C)NC(=O)CSc1nnc(-c2ccc(F)cc2)n1C. The molecule has 1 amide bonds. The number of hydrogen-bond donors (Lipinski definition) is 1. The van der Waals surface area contributed by atoms with Crippen LogP contribution in [0.2, 0.25) is 0 Å². The summed E-state index contributed by atoms with van der Waals surface area (Å²) in [5, 5.41) is 11.8. The number of hydrogen-bond acceptors (Lipinski definition) is 4. The molecule has 1 heterocycles. The lowest BCUT2D eigenvalue weighted by Crippen LogP contribution is -2.33. The van der Waals surface area contributed by atoms with Crippen LogP contribution < -0.4 is 5.32 Å². The molecule has 0 saturated carbocycles. The van der Waals surface area contributed by atoms with Crippen LogP contribution in [0.5, 0.6) is 0 Å². The minimum absolute atomic E-state index is 0.0118. The van der Waals surface area contributed by atoms with E-state index in [9.17, 15) is 9.18 Å². The summed E-state index contributed by atoms with van der Waals surface area (Å²) in [5.41, 5.74) is 0.786. The first kappa shape index (κ1) is 17.5. The molecule has 0 radical (unpaired) electrons. The van der Waals surface area contributed by atoms with Crippen LogP contribution in [0.1, 0.15) is 26.7 Å². The van der Waals surface area contributed by atoms with Crippen molar-refractivity contribution in [1.29, 1.82) is 0 Å². The minimum Gasteiger partial charge on any atom is -0.353 e. The van der Waals surface area contributed by atoms with Gasteiger partial charge in [0.15, 0.2) is 11.0 Å². The number of thioether (sulfide) groups is 1. The van der Waals surface area contributed by atoms with Crippen LogP contribution in [0.25, 0.3) is 11.4 Å². The Bertz CT molecular complexity index is 657. The third kappa shape index (κ3) is 4.79. The van der Waals surface area contributed by atoms with Gasteiger partial charge in [0, 0.05) is 18.7 Å². The lowest BCUT2D eigenvalue weighted by Gasteiger charge is -2.12. The van der Waals surface area contributed by atoms with E-state index >= 15 is 0 Å². The molecule has 1 aromatic heterocycles. The first-order chi connectivity index (χ1) is 11.0. The van der Waals surface area contributed by atoms with Gasteiger partial charge in [-0.25, -0.2) is 4.39 Å². The van der Waals surface area contributed by atoms with Crippen molar-refractivity contribution in [2.75, 3.05) is 5.75 Å². The average Bonchev–Trinajstić information content (AvgIpc) is 2.87. The normalized spacial score (nSPS) is 12.2. The summed E-state index contributed by atoms with van der Waals surface area (Å²) >= 11 is 1.34. The smallest absolute Gasteiger partial charge is 0.230 e. The Morgan fingerprint density at radius 3 is 2.70 bits per heavy atom. The van der Waals surface area contributed by atoms with E-state index in [-0.39, 0.29) is 17.8 Å². The van der Waals surface area contributed by atoms with Gasteiger partial charge in [-0.15, -0.1) is 10.2 Å². The Morgan fingerprint density at radius 1 is 1.35 bits per heavy atom. The molecule has 0 aliphatic rings. The highest BCUT2D eigenvalue weighted by molar-refractivity contribution is 7.99. The molecule has 1 aromatic carbocycles. The summed E-state index contributed by atoms with van der Waals surface area (Å²) in [6.45, 7) is 4.09. The fourth-order valence-corrected chi connectivity index (χ4v) is 2.96. The first-order valence-corrected chi connectivity index (χ1v) is 8.57. The summed E-state index contributed by atoms with van der Waals surface area (Å²) in [6.07, 6.45) is 2.01. The zero-order valence-corrected chi connectivity index (χ0v) is 14.4. The van der Waals surface area contributed by atoms with Gasteiger partial charge in [-0.3, -0.25) is 4.79 Å². The molecule has 1 N–H and O–H groups in total. The van der Waals surface area contributed by atoms with Crippen molar-refractivity contribution in [3.63, 3.8) is 0 Å². The average molecular weight is 336 g/mol. The second kappa shape index (κ2) is 8.10. The Hall–Kier alpha value is -1.89. The number of aromatic nitrogens is 3. The van der Waals surface area contributed by atoms with Crippen LogP contribution in [-0.2, 0) is 11.8 Å². The first-order valence-electron chi connectivity index (χ1n) is 7.58. The third-order valence-electron chi connectivity index (χ3n) is 3.40. The van der Waals surface area contributed by atoms with Crippen molar-refractivity contribution in [3.05, 3.63) is 30.1 Å². The number of nitrogens with zero attached hydrogens (tertiary/aromatic N) is 3. The number of carbonyl (C=O) groups excluding carboxylic acids is 1. The lowest BCUT2D eigenvalue weighted by molar-refractivity contribution is -0.119. The molecule has 2 aromatic rings. The molecular weight excluding hydrogens is 315 g/mol. The quantitative estimate of drug-likeness (QED) is 0.790. The number of rotatable bonds is 7. The molecule has 5 nitrogen and oxygen atoms in total. The lowest BCUT2D eigenvalue weighted by atomic mass is 10.2. The van der Waals surface area contributed by atoms with Gasteiger partial charge in [-0.2, -0.15) is 0 Å². The highest BCUT2D eigenvalue weighted by atomic mass is 32.2. The van der Waals surface area contributed by atoms with E-state index in [0.29, 0.717) is 16.7 Å². The van der Waals surface area contributed by atoms with Crippen LogP contribution in [0.4, 0.5) is 4.39 Å². The monoisotopic (exact) mass is 336 g/mol. The van der Waals surface area contributed by atoms with Gasteiger partial charge in [0.1, 0.15) is 5.82 Å². The molecule has 0 fully saturated rings. The van der Waals surface area contributed by atoms with Crippen LogP contribution in [0.15, 0.2) is 29.4 Å². The minimum atomic E-state index is -0.289. The molecule has 0 aliphatic heterocycles. The van der Waals surface area contributed by atoms with E-state index in [2.05, 4.69) is 22.4 Å². The molecule has 0 unspecified atom stereocenters. The maximum atomic E-state index is 13.0. The van der Waals surface area contributed by atoms with E-state index in [0.717, 1.165) is 18.4 Å². The Labute approximate surface area is 139 Å². The van der Waals surface area contributed by atoms with E-state index in [4.69, 9.17) is 0 Å². The molecule has 0 saturated heterocycles. The molecule has 0 spiro atoms. The van der Waals surface area contributed by atoms with Gasteiger partial charge in [0.25, 0.3) is 0 Å². The van der Waals surface area contributed by atoms with Crippen molar-refractivity contribution >= 4 is 17.7 Å². The number of amides is 1.